The Labute approximate surface area is 113 Å². The van der Waals surface area contributed by atoms with E-state index in [-0.39, 0.29) is 0 Å². The average molecular weight is 276 g/mol. The second-order valence-corrected chi connectivity index (χ2v) is 4.53. The van der Waals surface area contributed by atoms with Crippen molar-refractivity contribution in [1.82, 2.24) is 15.2 Å². The van der Waals surface area contributed by atoms with Gasteiger partial charge in [0.25, 0.3) is 0 Å². The van der Waals surface area contributed by atoms with Crippen LogP contribution in [0.25, 0.3) is 22.0 Å². The summed E-state index contributed by atoms with van der Waals surface area (Å²) in [5, 5.41) is 9.21. The van der Waals surface area contributed by atoms with Crippen LogP contribution in [0.4, 0.5) is 0 Å². The zero-order valence-corrected chi connectivity index (χ0v) is 10.7. The minimum atomic E-state index is 0.315. The van der Waals surface area contributed by atoms with E-state index in [1.54, 1.807) is 12.3 Å². The molecule has 3 aromatic rings. The van der Waals surface area contributed by atoms with E-state index in [2.05, 4.69) is 15.2 Å². The minimum absolute atomic E-state index is 0.315. The number of pyridine rings is 1. The maximum atomic E-state index is 6.03. The Morgan fingerprint density at radius 3 is 2.72 bits per heavy atom. The fourth-order valence-corrected chi connectivity index (χ4v) is 2.14. The van der Waals surface area contributed by atoms with E-state index in [0.29, 0.717) is 10.3 Å². The lowest BCUT2D eigenvalue weighted by atomic mass is 10.1. The Bertz CT molecular complexity index is 728. The number of halogens is 2. The molecule has 2 heterocycles. The first-order valence-electron chi connectivity index (χ1n) is 5.28. The van der Waals surface area contributed by atoms with Crippen LogP contribution in [0.1, 0.15) is 0 Å². The van der Waals surface area contributed by atoms with E-state index >= 15 is 0 Å². The Hall–Kier alpha value is -1.71. The van der Waals surface area contributed by atoms with E-state index in [1.165, 1.54) is 0 Å². The molecule has 0 unspecified atom stereocenters. The summed E-state index contributed by atoms with van der Waals surface area (Å²) < 4.78 is 0. The van der Waals surface area contributed by atoms with Crippen molar-refractivity contribution in [3.63, 3.8) is 0 Å². The molecule has 0 bridgehead atoms. The number of hydrogen-bond acceptors (Lipinski definition) is 3. The number of hydrogen-bond donors (Lipinski definition) is 0. The molecule has 2 aromatic heterocycles. The molecule has 0 saturated carbocycles. The van der Waals surface area contributed by atoms with E-state index < -0.39 is 0 Å². The van der Waals surface area contributed by atoms with Gasteiger partial charge in [0.2, 0.25) is 0 Å². The van der Waals surface area contributed by atoms with Crippen LogP contribution in [-0.4, -0.2) is 15.2 Å². The number of benzene rings is 1. The van der Waals surface area contributed by atoms with E-state index in [9.17, 15) is 0 Å². The third kappa shape index (κ3) is 2.03. The second-order valence-electron chi connectivity index (χ2n) is 3.78. The average Bonchev–Trinajstić information content (AvgIpc) is 2.41. The molecule has 0 saturated heterocycles. The first-order valence-corrected chi connectivity index (χ1v) is 6.03. The molecule has 1 aromatic carbocycles. The highest BCUT2D eigenvalue weighted by Gasteiger charge is 2.07. The van der Waals surface area contributed by atoms with Crippen LogP contribution < -0.4 is 0 Å². The standard InChI is InChI=1S/C13H7Cl2N3/c14-12-7-10(13(15)18-17-12)9-4-3-8-2-1-5-16-11(8)6-9/h1-7H. The van der Waals surface area contributed by atoms with Gasteiger partial charge in [-0.05, 0) is 23.8 Å². The summed E-state index contributed by atoms with van der Waals surface area (Å²) in [6.45, 7) is 0. The SMILES string of the molecule is Clc1cc(-c2ccc3cccnc3c2)c(Cl)nn1. The third-order valence-electron chi connectivity index (χ3n) is 2.64. The molecular weight excluding hydrogens is 269 g/mol. The highest BCUT2D eigenvalue weighted by molar-refractivity contribution is 6.33. The van der Waals surface area contributed by atoms with Crippen molar-refractivity contribution in [2.45, 2.75) is 0 Å². The lowest BCUT2D eigenvalue weighted by Crippen LogP contribution is -1.88. The van der Waals surface area contributed by atoms with Crippen LogP contribution in [0.2, 0.25) is 10.3 Å². The molecule has 3 nitrogen and oxygen atoms in total. The number of fused-ring (bicyclic) bond motifs is 1. The highest BCUT2D eigenvalue weighted by atomic mass is 35.5. The molecule has 0 radical (unpaired) electrons. The zero-order chi connectivity index (χ0) is 12.5. The summed E-state index contributed by atoms with van der Waals surface area (Å²) in [5.41, 5.74) is 2.58. The number of rotatable bonds is 1. The summed E-state index contributed by atoms with van der Waals surface area (Å²) >= 11 is 11.9. The van der Waals surface area contributed by atoms with Crippen LogP contribution in [0.15, 0.2) is 42.6 Å². The molecule has 0 aliphatic heterocycles. The van der Waals surface area contributed by atoms with Gasteiger partial charge in [0, 0.05) is 17.1 Å². The normalized spacial score (nSPS) is 10.8. The molecule has 0 fully saturated rings. The van der Waals surface area contributed by atoms with Crippen LogP contribution in [-0.2, 0) is 0 Å². The maximum absolute atomic E-state index is 6.03. The van der Waals surface area contributed by atoms with Crippen LogP contribution >= 0.6 is 23.2 Å². The Morgan fingerprint density at radius 2 is 1.83 bits per heavy atom. The topological polar surface area (TPSA) is 38.7 Å². The second kappa shape index (κ2) is 4.52. The molecule has 3 rings (SSSR count). The predicted octanol–water partition coefficient (Wildman–Crippen LogP) is 4.00. The van der Waals surface area contributed by atoms with Gasteiger partial charge in [-0.25, -0.2) is 0 Å². The third-order valence-corrected chi connectivity index (χ3v) is 3.10. The highest BCUT2D eigenvalue weighted by Crippen LogP contribution is 2.29. The molecule has 18 heavy (non-hydrogen) atoms. The van der Waals surface area contributed by atoms with Gasteiger partial charge in [-0.15, -0.1) is 10.2 Å². The molecule has 0 aliphatic carbocycles. The Balaban J connectivity index is 2.22. The van der Waals surface area contributed by atoms with E-state index in [1.807, 2.05) is 30.3 Å². The van der Waals surface area contributed by atoms with Crippen molar-refractivity contribution in [2.75, 3.05) is 0 Å². The first kappa shape index (κ1) is 11.4. The molecule has 0 amide bonds. The smallest absolute Gasteiger partial charge is 0.159 e. The fourth-order valence-electron chi connectivity index (χ4n) is 1.79. The summed E-state index contributed by atoms with van der Waals surface area (Å²) in [4.78, 5) is 4.31. The number of nitrogens with zero attached hydrogens (tertiary/aromatic N) is 3. The van der Waals surface area contributed by atoms with Gasteiger partial charge in [0.1, 0.15) is 0 Å². The van der Waals surface area contributed by atoms with Gasteiger partial charge in [-0.3, -0.25) is 4.98 Å². The molecule has 0 atom stereocenters. The fraction of sp³-hybridized carbons (Fsp3) is 0. The predicted molar refractivity (Wildman–Crippen MR) is 72.8 cm³/mol. The molecule has 5 heteroatoms. The van der Waals surface area contributed by atoms with E-state index in [0.717, 1.165) is 22.0 Å². The van der Waals surface area contributed by atoms with Crippen molar-refractivity contribution >= 4 is 34.1 Å². The Kier molecular flexibility index (Phi) is 2.86. The summed E-state index contributed by atoms with van der Waals surface area (Å²) in [6.07, 6.45) is 1.76. The summed E-state index contributed by atoms with van der Waals surface area (Å²) in [7, 11) is 0. The van der Waals surface area contributed by atoms with Crippen molar-refractivity contribution in [3.8, 4) is 11.1 Å². The van der Waals surface area contributed by atoms with Crippen molar-refractivity contribution < 1.29 is 0 Å². The van der Waals surface area contributed by atoms with Gasteiger partial charge in [0.05, 0.1) is 5.52 Å². The van der Waals surface area contributed by atoms with Gasteiger partial charge in [0.15, 0.2) is 10.3 Å². The van der Waals surface area contributed by atoms with Gasteiger partial charge in [-0.1, -0.05) is 41.4 Å². The first-order chi connectivity index (χ1) is 8.74. The molecule has 0 aliphatic rings. The molecular formula is C13H7Cl2N3. The minimum Gasteiger partial charge on any atom is -0.256 e. The van der Waals surface area contributed by atoms with Crippen LogP contribution in [0.3, 0.4) is 0 Å². The number of aromatic nitrogens is 3. The summed E-state index contributed by atoms with van der Waals surface area (Å²) in [6, 6.07) is 11.5. The lowest BCUT2D eigenvalue weighted by Gasteiger charge is -2.05. The summed E-state index contributed by atoms with van der Waals surface area (Å²) in [5.74, 6) is 0. The largest absolute Gasteiger partial charge is 0.256 e. The molecule has 0 N–H and O–H groups in total. The van der Waals surface area contributed by atoms with Crippen LogP contribution in [0, 0.1) is 0 Å². The van der Waals surface area contributed by atoms with Gasteiger partial charge in [-0.2, -0.15) is 0 Å². The van der Waals surface area contributed by atoms with Crippen molar-refractivity contribution in [3.05, 3.63) is 52.9 Å². The van der Waals surface area contributed by atoms with Crippen LogP contribution in [0.5, 0.6) is 0 Å². The Morgan fingerprint density at radius 1 is 0.944 bits per heavy atom. The zero-order valence-electron chi connectivity index (χ0n) is 9.14. The molecule has 88 valence electrons. The quantitative estimate of drug-likeness (QED) is 0.674. The van der Waals surface area contributed by atoms with Crippen molar-refractivity contribution in [1.29, 1.82) is 0 Å². The lowest BCUT2D eigenvalue weighted by molar-refractivity contribution is 1.03. The van der Waals surface area contributed by atoms with E-state index in [4.69, 9.17) is 23.2 Å². The monoisotopic (exact) mass is 275 g/mol. The van der Waals surface area contributed by atoms with Gasteiger partial charge >= 0.3 is 0 Å². The van der Waals surface area contributed by atoms with Gasteiger partial charge < -0.3 is 0 Å². The van der Waals surface area contributed by atoms with Crippen molar-refractivity contribution in [2.24, 2.45) is 0 Å². The molecule has 0 spiro atoms. The maximum Gasteiger partial charge on any atom is 0.159 e.